The van der Waals surface area contributed by atoms with Crippen molar-refractivity contribution in [2.75, 3.05) is 20.3 Å². The molecule has 32 heavy (non-hydrogen) atoms. The highest BCUT2D eigenvalue weighted by atomic mass is 32.2. The molecule has 0 unspecified atom stereocenters. The number of carbonyl (C=O) groups is 1. The Labute approximate surface area is 192 Å². The summed E-state index contributed by atoms with van der Waals surface area (Å²) in [7, 11) is -4.06. The fourth-order valence-corrected chi connectivity index (χ4v) is 4.77. The maximum Gasteiger partial charge on any atom is 0.240 e. The van der Waals surface area contributed by atoms with Crippen molar-refractivity contribution >= 4 is 24.1 Å². The molecule has 0 fully saturated rings. The lowest BCUT2D eigenvalue weighted by molar-refractivity contribution is 0.0987. The number of aryl methyl sites for hydroxylation is 1. The van der Waals surface area contributed by atoms with Crippen molar-refractivity contribution in [3.05, 3.63) is 53.2 Å². The van der Waals surface area contributed by atoms with Crippen molar-refractivity contribution in [2.45, 2.75) is 57.1 Å². The predicted molar refractivity (Wildman–Crippen MR) is 128 cm³/mol. The van der Waals surface area contributed by atoms with Gasteiger partial charge in [-0.15, -0.1) is 0 Å². The number of methoxy groups -OCH3 is 1. The van der Waals surface area contributed by atoms with Crippen LogP contribution in [0.25, 0.3) is 0 Å². The molecule has 0 atom stereocenters. The fourth-order valence-electron chi connectivity index (χ4n) is 2.72. The third-order valence-corrected chi connectivity index (χ3v) is 11.8. The molecule has 0 aliphatic heterocycles. The van der Waals surface area contributed by atoms with Gasteiger partial charge in [0.1, 0.15) is 5.69 Å². The van der Waals surface area contributed by atoms with Gasteiger partial charge in [0.05, 0.1) is 12.0 Å². The molecular weight excluding hydrogens is 444 g/mol. The summed E-state index contributed by atoms with van der Waals surface area (Å²) in [6.07, 6.45) is 0.118. The summed E-state index contributed by atoms with van der Waals surface area (Å²) >= 11 is 0. The van der Waals surface area contributed by atoms with Crippen molar-refractivity contribution in [2.24, 2.45) is 0 Å². The van der Waals surface area contributed by atoms with E-state index in [-0.39, 0.29) is 28.7 Å². The zero-order valence-corrected chi connectivity index (χ0v) is 21.8. The third kappa shape index (κ3) is 6.71. The van der Waals surface area contributed by atoms with E-state index in [1.165, 1.54) is 19.2 Å². The maximum atomic E-state index is 12.6. The van der Waals surface area contributed by atoms with Crippen molar-refractivity contribution < 1.29 is 22.4 Å². The molecule has 176 valence electrons. The van der Waals surface area contributed by atoms with Crippen LogP contribution in [-0.4, -0.2) is 47.8 Å². The van der Waals surface area contributed by atoms with Gasteiger partial charge < -0.3 is 9.16 Å². The van der Waals surface area contributed by atoms with Crippen LogP contribution in [-0.2, 0) is 20.9 Å². The SMILES string of the molecule is COc1nc(C(=O)Cc2ccc(S(=O)(=O)NCCO[Si](C)(C)C(C)(C)C)cc2)ccc1C. The minimum atomic E-state index is -3.65. The average molecular weight is 479 g/mol. The van der Waals surface area contributed by atoms with E-state index < -0.39 is 18.3 Å². The van der Waals surface area contributed by atoms with Crippen LogP contribution in [0.5, 0.6) is 5.88 Å². The van der Waals surface area contributed by atoms with E-state index in [1.54, 1.807) is 24.3 Å². The standard InChI is InChI=1S/C23H34N2O5SSi/c1-17-8-13-20(25-22(17)29-5)21(26)16-18-9-11-19(12-10-18)31(27,28)24-14-15-30-32(6,7)23(2,3)4/h8-13,24H,14-16H2,1-7H3. The minimum Gasteiger partial charge on any atom is -0.481 e. The number of hydrogen-bond acceptors (Lipinski definition) is 6. The second kappa shape index (κ2) is 10.2. The number of benzene rings is 1. The van der Waals surface area contributed by atoms with Gasteiger partial charge in [-0.05, 0) is 48.8 Å². The van der Waals surface area contributed by atoms with Gasteiger partial charge in [0.2, 0.25) is 15.9 Å². The first-order chi connectivity index (χ1) is 14.8. The van der Waals surface area contributed by atoms with E-state index in [0.717, 1.165) is 5.56 Å². The summed E-state index contributed by atoms with van der Waals surface area (Å²) in [6, 6.07) is 9.74. The van der Waals surface area contributed by atoms with Crippen LogP contribution >= 0.6 is 0 Å². The summed E-state index contributed by atoms with van der Waals surface area (Å²) in [5, 5.41) is 0.0678. The zero-order chi connectivity index (χ0) is 24.2. The molecule has 2 aromatic rings. The first kappa shape index (κ1) is 26.2. The lowest BCUT2D eigenvalue weighted by Gasteiger charge is -2.36. The molecule has 1 N–H and O–H groups in total. The number of Topliss-reactive ketones (excluding diaryl/α,β-unsaturated/α-hetero) is 1. The Hall–Kier alpha value is -2.07. The van der Waals surface area contributed by atoms with Gasteiger partial charge in [-0.3, -0.25) is 4.79 Å². The molecule has 0 bridgehead atoms. The molecule has 0 amide bonds. The molecule has 0 radical (unpaired) electrons. The highest BCUT2D eigenvalue weighted by Crippen LogP contribution is 2.36. The normalized spacial score (nSPS) is 12.6. The zero-order valence-electron chi connectivity index (χ0n) is 20.0. The molecular formula is C23H34N2O5SSi. The van der Waals surface area contributed by atoms with Crippen molar-refractivity contribution in [1.29, 1.82) is 0 Å². The molecule has 0 aliphatic rings. The number of pyridine rings is 1. The Morgan fingerprint density at radius 1 is 1.09 bits per heavy atom. The number of aromatic nitrogens is 1. The molecule has 0 aliphatic carbocycles. The van der Waals surface area contributed by atoms with E-state index in [0.29, 0.717) is 23.7 Å². The molecule has 0 saturated heterocycles. The topological polar surface area (TPSA) is 94.6 Å². The number of nitrogens with zero attached hydrogens (tertiary/aromatic N) is 1. The van der Waals surface area contributed by atoms with E-state index >= 15 is 0 Å². The third-order valence-electron chi connectivity index (χ3n) is 5.79. The lowest BCUT2D eigenvalue weighted by Crippen LogP contribution is -2.42. The lowest BCUT2D eigenvalue weighted by atomic mass is 10.1. The van der Waals surface area contributed by atoms with Crippen LogP contribution in [0.3, 0.4) is 0 Å². The van der Waals surface area contributed by atoms with Gasteiger partial charge in [0.15, 0.2) is 14.1 Å². The minimum absolute atomic E-state index is 0.0678. The van der Waals surface area contributed by atoms with Gasteiger partial charge in [0, 0.05) is 25.1 Å². The van der Waals surface area contributed by atoms with Crippen molar-refractivity contribution in [1.82, 2.24) is 9.71 Å². The Bertz CT molecular complexity index is 1050. The van der Waals surface area contributed by atoms with Gasteiger partial charge in [-0.25, -0.2) is 18.1 Å². The Kier molecular flexibility index (Phi) is 8.38. The summed E-state index contributed by atoms with van der Waals surface area (Å²) in [4.78, 5) is 16.9. The van der Waals surface area contributed by atoms with Gasteiger partial charge in [0.25, 0.3) is 0 Å². The number of sulfonamides is 1. The fraction of sp³-hybridized carbons (Fsp3) is 0.478. The molecule has 9 heteroatoms. The number of hydrogen-bond donors (Lipinski definition) is 1. The second-order valence-electron chi connectivity index (χ2n) is 9.27. The summed E-state index contributed by atoms with van der Waals surface area (Å²) < 4.78 is 38.9. The van der Waals surface area contributed by atoms with Crippen LogP contribution in [0.2, 0.25) is 18.1 Å². The number of ether oxygens (including phenoxy) is 1. The summed E-state index contributed by atoms with van der Waals surface area (Å²) in [5.74, 6) is 0.251. The van der Waals surface area contributed by atoms with Gasteiger partial charge in [-0.2, -0.15) is 0 Å². The van der Waals surface area contributed by atoms with Crippen LogP contribution in [0.15, 0.2) is 41.3 Å². The van der Waals surface area contributed by atoms with Crippen molar-refractivity contribution in [3.63, 3.8) is 0 Å². The Morgan fingerprint density at radius 2 is 1.72 bits per heavy atom. The number of carbonyl (C=O) groups excluding carboxylic acids is 1. The molecule has 2 rings (SSSR count). The molecule has 1 heterocycles. The smallest absolute Gasteiger partial charge is 0.240 e. The summed E-state index contributed by atoms with van der Waals surface area (Å²) in [5.41, 5.74) is 1.87. The van der Waals surface area contributed by atoms with Crippen LogP contribution in [0.4, 0.5) is 0 Å². The number of ketones is 1. The predicted octanol–water partition coefficient (Wildman–Crippen LogP) is 4.12. The summed E-state index contributed by atoms with van der Waals surface area (Å²) in [6.45, 7) is 13.1. The monoisotopic (exact) mass is 478 g/mol. The Balaban J connectivity index is 1.96. The van der Waals surface area contributed by atoms with E-state index in [4.69, 9.17) is 9.16 Å². The number of nitrogens with one attached hydrogen (secondary N) is 1. The van der Waals surface area contributed by atoms with E-state index in [1.807, 2.05) is 6.92 Å². The highest BCUT2D eigenvalue weighted by molar-refractivity contribution is 7.89. The molecule has 0 saturated carbocycles. The van der Waals surface area contributed by atoms with Gasteiger partial charge >= 0.3 is 0 Å². The van der Waals surface area contributed by atoms with E-state index in [9.17, 15) is 13.2 Å². The molecule has 1 aromatic heterocycles. The first-order valence-corrected chi connectivity index (χ1v) is 14.9. The second-order valence-corrected chi connectivity index (χ2v) is 15.8. The average Bonchev–Trinajstić information content (AvgIpc) is 2.71. The maximum absolute atomic E-state index is 12.6. The number of rotatable bonds is 10. The molecule has 0 spiro atoms. The molecule has 1 aromatic carbocycles. The van der Waals surface area contributed by atoms with Crippen LogP contribution < -0.4 is 9.46 Å². The van der Waals surface area contributed by atoms with Crippen LogP contribution in [0.1, 0.15) is 42.4 Å². The van der Waals surface area contributed by atoms with Gasteiger partial charge in [-0.1, -0.05) is 39.0 Å². The first-order valence-electron chi connectivity index (χ1n) is 10.5. The Morgan fingerprint density at radius 3 is 2.28 bits per heavy atom. The van der Waals surface area contributed by atoms with E-state index in [2.05, 4.69) is 43.6 Å². The molecule has 7 nitrogen and oxygen atoms in total. The largest absolute Gasteiger partial charge is 0.481 e. The quantitative estimate of drug-likeness (QED) is 0.314. The van der Waals surface area contributed by atoms with Crippen LogP contribution in [0, 0.1) is 6.92 Å². The highest BCUT2D eigenvalue weighted by Gasteiger charge is 2.36. The van der Waals surface area contributed by atoms with Crippen molar-refractivity contribution in [3.8, 4) is 5.88 Å².